The van der Waals surface area contributed by atoms with Gasteiger partial charge in [-0.15, -0.1) is 10.2 Å². The fourth-order valence-corrected chi connectivity index (χ4v) is 3.45. The molecular formula is C17H16N4OS. The number of hydrogen-bond acceptors (Lipinski definition) is 4. The van der Waals surface area contributed by atoms with Gasteiger partial charge in [0.15, 0.2) is 10.8 Å². The van der Waals surface area contributed by atoms with Crippen molar-refractivity contribution in [2.75, 3.05) is 0 Å². The molecule has 1 saturated carbocycles. The summed E-state index contributed by atoms with van der Waals surface area (Å²) >= 11 is 1.43. The zero-order chi connectivity index (χ0) is 15.6. The standard InChI is InChI=1S/C17H16N4OS/c22-16(18-13-9-10-13)15(12-6-2-1-3-7-12)23-17-20-19-14-8-4-5-11-21(14)17/h1-8,11,13,15H,9-10H2,(H,18,22)/t15-/m1/s1. The van der Waals surface area contributed by atoms with E-state index in [0.717, 1.165) is 29.2 Å². The second-order valence-corrected chi connectivity index (χ2v) is 6.68. The number of benzene rings is 1. The SMILES string of the molecule is O=C(NC1CC1)[C@H](Sc1nnc2ccccn12)c1ccccc1. The highest BCUT2D eigenvalue weighted by Crippen LogP contribution is 2.35. The molecule has 1 amide bonds. The van der Waals surface area contributed by atoms with E-state index in [9.17, 15) is 4.79 Å². The number of carbonyl (C=O) groups excluding carboxylic acids is 1. The maximum absolute atomic E-state index is 12.7. The van der Waals surface area contributed by atoms with Crippen LogP contribution in [0.5, 0.6) is 0 Å². The summed E-state index contributed by atoms with van der Waals surface area (Å²) in [7, 11) is 0. The van der Waals surface area contributed by atoms with Gasteiger partial charge in [-0.25, -0.2) is 0 Å². The molecule has 2 aromatic heterocycles. The highest BCUT2D eigenvalue weighted by Gasteiger charge is 2.30. The summed E-state index contributed by atoms with van der Waals surface area (Å²) in [6.07, 6.45) is 4.07. The zero-order valence-electron chi connectivity index (χ0n) is 12.4. The van der Waals surface area contributed by atoms with Crippen LogP contribution in [0.15, 0.2) is 59.9 Å². The quantitative estimate of drug-likeness (QED) is 0.733. The molecule has 0 spiro atoms. The number of aromatic nitrogens is 3. The third kappa shape index (κ3) is 3.07. The van der Waals surface area contributed by atoms with E-state index in [1.165, 1.54) is 11.8 Å². The molecule has 4 rings (SSSR count). The second kappa shape index (κ2) is 6.04. The molecule has 3 aromatic rings. The van der Waals surface area contributed by atoms with E-state index in [4.69, 9.17) is 0 Å². The topological polar surface area (TPSA) is 59.3 Å². The van der Waals surface area contributed by atoms with Crippen molar-refractivity contribution < 1.29 is 4.79 Å². The summed E-state index contributed by atoms with van der Waals surface area (Å²) < 4.78 is 1.91. The summed E-state index contributed by atoms with van der Waals surface area (Å²) in [5.74, 6) is 0.0383. The first-order valence-corrected chi connectivity index (χ1v) is 8.51. The molecule has 0 aliphatic heterocycles. The number of carbonyl (C=O) groups is 1. The zero-order valence-corrected chi connectivity index (χ0v) is 13.2. The third-order valence-electron chi connectivity index (χ3n) is 3.77. The third-order valence-corrected chi connectivity index (χ3v) is 4.98. The van der Waals surface area contributed by atoms with Crippen LogP contribution in [0.2, 0.25) is 0 Å². The van der Waals surface area contributed by atoms with E-state index in [1.807, 2.05) is 59.1 Å². The van der Waals surface area contributed by atoms with E-state index >= 15 is 0 Å². The van der Waals surface area contributed by atoms with Crippen molar-refractivity contribution in [3.8, 4) is 0 Å². The van der Waals surface area contributed by atoms with Crippen molar-refractivity contribution in [3.63, 3.8) is 0 Å². The van der Waals surface area contributed by atoms with Crippen molar-refractivity contribution in [1.82, 2.24) is 19.9 Å². The molecule has 1 aliphatic carbocycles. The molecule has 0 saturated heterocycles. The molecule has 1 atom stereocenters. The number of amides is 1. The Bertz CT molecular complexity index is 829. The van der Waals surface area contributed by atoms with Gasteiger partial charge in [0.05, 0.1) is 0 Å². The number of pyridine rings is 1. The summed E-state index contributed by atoms with van der Waals surface area (Å²) in [6, 6.07) is 15.9. The molecule has 6 heteroatoms. The predicted octanol–water partition coefficient (Wildman–Crippen LogP) is 2.84. The van der Waals surface area contributed by atoms with Gasteiger partial charge < -0.3 is 5.32 Å². The average Bonchev–Trinajstić information content (AvgIpc) is 3.31. The van der Waals surface area contributed by atoms with Crippen molar-refractivity contribution in [1.29, 1.82) is 0 Å². The van der Waals surface area contributed by atoms with Crippen molar-refractivity contribution in [2.45, 2.75) is 29.3 Å². The summed E-state index contributed by atoms with van der Waals surface area (Å²) in [4.78, 5) is 12.7. The Balaban J connectivity index is 1.65. The summed E-state index contributed by atoms with van der Waals surface area (Å²) in [5.41, 5.74) is 1.76. The Morgan fingerprint density at radius 3 is 2.70 bits per heavy atom. The molecule has 0 radical (unpaired) electrons. The molecule has 1 aliphatic rings. The van der Waals surface area contributed by atoms with Crippen LogP contribution in [-0.4, -0.2) is 26.5 Å². The smallest absolute Gasteiger partial charge is 0.238 e. The molecule has 0 bridgehead atoms. The minimum absolute atomic E-state index is 0.0383. The lowest BCUT2D eigenvalue weighted by Crippen LogP contribution is -2.29. The number of hydrogen-bond donors (Lipinski definition) is 1. The van der Waals surface area contributed by atoms with Gasteiger partial charge in [0.25, 0.3) is 0 Å². The van der Waals surface area contributed by atoms with Crippen LogP contribution in [-0.2, 0) is 4.79 Å². The van der Waals surface area contributed by atoms with Gasteiger partial charge in [-0.1, -0.05) is 48.2 Å². The average molecular weight is 324 g/mol. The monoisotopic (exact) mass is 324 g/mol. The van der Waals surface area contributed by atoms with Crippen molar-refractivity contribution in [3.05, 3.63) is 60.3 Å². The van der Waals surface area contributed by atoms with Gasteiger partial charge in [0, 0.05) is 12.2 Å². The number of fused-ring (bicyclic) bond motifs is 1. The van der Waals surface area contributed by atoms with Crippen LogP contribution >= 0.6 is 11.8 Å². The maximum Gasteiger partial charge on any atom is 0.238 e. The van der Waals surface area contributed by atoms with Crippen LogP contribution in [0.25, 0.3) is 5.65 Å². The molecule has 2 heterocycles. The van der Waals surface area contributed by atoms with Crippen LogP contribution in [0.3, 0.4) is 0 Å². The largest absolute Gasteiger partial charge is 0.352 e. The molecule has 1 N–H and O–H groups in total. The maximum atomic E-state index is 12.7. The van der Waals surface area contributed by atoms with E-state index in [-0.39, 0.29) is 11.2 Å². The first-order valence-electron chi connectivity index (χ1n) is 7.63. The van der Waals surface area contributed by atoms with Gasteiger partial charge in [-0.3, -0.25) is 9.20 Å². The van der Waals surface area contributed by atoms with Gasteiger partial charge >= 0.3 is 0 Å². The molecular weight excluding hydrogens is 308 g/mol. The van der Waals surface area contributed by atoms with Crippen LogP contribution in [0.1, 0.15) is 23.7 Å². The summed E-state index contributed by atoms with van der Waals surface area (Å²) in [5, 5.41) is 11.9. The van der Waals surface area contributed by atoms with E-state index in [1.54, 1.807) is 0 Å². The molecule has 5 nitrogen and oxygen atoms in total. The van der Waals surface area contributed by atoms with Crippen LogP contribution in [0, 0.1) is 0 Å². The predicted molar refractivity (Wildman–Crippen MR) is 89.2 cm³/mol. The second-order valence-electron chi connectivity index (χ2n) is 5.60. The van der Waals surface area contributed by atoms with Gasteiger partial charge in [-0.05, 0) is 30.5 Å². The fraction of sp³-hybridized carbons (Fsp3) is 0.235. The molecule has 1 fully saturated rings. The van der Waals surface area contributed by atoms with E-state index in [2.05, 4.69) is 15.5 Å². The normalized spacial score (nSPS) is 15.5. The van der Waals surface area contributed by atoms with Crippen molar-refractivity contribution >= 4 is 23.3 Å². The Kier molecular flexibility index (Phi) is 3.75. The number of rotatable bonds is 5. The lowest BCUT2D eigenvalue weighted by Gasteiger charge is -2.15. The van der Waals surface area contributed by atoms with Crippen LogP contribution < -0.4 is 5.32 Å². The molecule has 1 aromatic carbocycles. The fourth-order valence-electron chi connectivity index (χ4n) is 2.41. The minimum atomic E-state index is -0.329. The highest BCUT2D eigenvalue weighted by atomic mass is 32.2. The Morgan fingerprint density at radius 2 is 1.91 bits per heavy atom. The Labute approximate surface area is 138 Å². The number of thioether (sulfide) groups is 1. The Morgan fingerprint density at radius 1 is 1.13 bits per heavy atom. The van der Waals surface area contributed by atoms with E-state index < -0.39 is 0 Å². The first-order chi connectivity index (χ1) is 11.3. The lowest BCUT2D eigenvalue weighted by molar-refractivity contribution is -0.120. The van der Waals surface area contributed by atoms with Crippen LogP contribution in [0.4, 0.5) is 0 Å². The van der Waals surface area contributed by atoms with E-state index in [0.29, 0.717) is 6.04 Å². The van der Waals surface area contributed by atoms with Gasteiger partial charge in [-0.2, -0.15) is 0 Å². The Hall–Kier alpha value is -2.34. The van der Waals surface area contributed by atoms with Gasteiger partial charge in [0.2, 0.25) is 5.91 Å². The number of nitrogens with zero attached hydrogens (tertiary/aromatic N) is 3. The van der Waals surface area contributed by atoms with Gasteiger partial charge in [0.1, 0.15) is 5.25 Å². The summed E-state index contributed by atoms with van der Waals surface area (Å²) in [6.45, 7) is 0. The highest BCUT2D eigenvalue weighted by molar-refractivity contribution is 8.00. The molecule has 0 unspecified atom stereocenters. The first kappa shape index (κ1) is 14.3. The molecule has 23 heavy (non-hydrogen) atoms. The van der Waals surface area contributed by atoms with Crippen molar-refractivity contribution in [2.24, 2.45) is 0 Å². The lowest BCUT2D eigenvalue weighted by atomic mass is 10.1. The minimum Gasteiger partial charge on any atom is -0.352 e. The molecule has 116 valence electrons. The number of nitrogens with one attached hydrogen (secondary N) is 1.